The van der Waals surface area contributed by atoms with Crippen LogP contribution in [0.4, 0.5) is 19.1 Å². The third kappa shape index (κ3) is 4.95. The molecule has 0 bridgehead atoms. The van der Waals surface area contributed by atoms with E-state index in [0.29, 0.717) is 5.92 Å². The van der Waals surface area contributed by atoms with Gasteiger partial charge in [-0.3, -0.25) is 4.79 Å². The van der Waals surface area contributed by atoms with Crippen molar-refractivity contribution in [1.29, 1.82) is 0 Å². The number of rotatable bonds is 4. The van der Waals surface area contributed by atoms with Crippen molar-refractivity contribution in [2.75, 3.05) is 31.1 Å². The van der Waals surface area contributed by atoms with E-state index in [9.17, 15) is 18.0 Å². The zero-order valence-corrected chi connectivity index (χ0v) is 15.8. The molecule has 1 aliphatic carbocycles. The van der Waals surface area contributed by atoms with E-state index in [2.05, 4.69) is 25.5 Å². The van der Waals surface area contributed by atoms with Gasteiger partial charge in [-0.2, -0.15) is 13.2 Å². The third-order valence-corrected chi connectivity index (χ3v) is 5.57. The highest BCUT2D eigenvalue weighted by Crippen LogP contribution is 2.40. The number of carbonyl (C=O) groups is 2. The lowest BCUT2D eigenvalue weighted by molar-refractivity contribution is -0.192. The quantitative estimate of drug-likeness (QED) is 0.678. The Morgan fingerprint density at radius 3 is 2.55 bits per heavy atom. The lowest BCUT2D eigenvalue weighted by atomic mass is 9.74. The summed E-state index contributed by atoms with van der Waals surface area (Å²) in [5, 5.41) is 13.8. The van der Waals surface area contributed by atoms with Crippen LogP contribution in [0.2, 0.25) is 0 Å². The molecule has 4 rings (SSSR count). The first-order valence-corrected chi connectivity index (χ1v) is 9.57. The number of hydrogen-bond donors (Lipinski definition) is 3. The Bertz CT molecular complexity index is 729. The Morgan fingerprint density at radius 2 is 1.97 bits per heavy atom. The fraction of sp³-hybridized carbons (Fsp3) is 0.667. The SMILES string of the molecule is O=C(NCC1CC1)[C@@]12CCCN(c3ncccn3)[C@@H]1CNC2.O=C(O)C(F)(F)F. The smallest absolute Gasteiger partial charge is 0.475 e. The molecule has 0 radical (unpaired) electrons. The first kappa shape index (κ1) is 21.3. The van der Waals surface area contributed by atoms with E-state index in [1.54, 1.807) is 12.4 Å². The molecule has 11 heteroatoms. The molecule has 2 saturated heterocycles. The molecule has 8 nitrogen and oxygen atoms in total. The number of aliphatic carboxylic acids is 1. The average molecular weight is 415 g/mol. The van der Waals surface area contributed by atoms with Gasteiger partial charge in [0.25, 0.3) is 0 Å². The van der Waals surface area contributed by atoms with Crippen LogP contribution in [0.1, 0.15) is 25.7 Å². The van der Waals surface area contributed by atoms with Gasteiger partial charge in [-0.1, -0.05) is 0 Å². The topological polar surface area (TPSA) is 107 Å². The minimum atomic E-state index is -5.08. The Hall–Kier alpha value is -2.43. The van der Waals surface area contributed by atoms with E-state index in [1.807, 2.05) is 6.07 Å². The van der Waals surface area contributed by atoms with Gasteiger partial charge in [-0.25, -0.2) is 14.8 Å². The fourth-order valence-corrected chi connectivity index (χ4v) is 3.89. The number of nitrogens with one attached hydrogen (secondary N) is 2. The van der Waals surface area contributed by atoms with Gasteiger partial charge in [0.2, 0.25) is 11.9 Å². The van der Waals surface area contributed by atoms with Crippen molar-refractivity contribution in [1.82, 2.24) is 20.6 Å². The molecule has 0 spiro atoms. The van der Waals surface area contributed by atoms with Crippen LogP contribution in [0.25, 0.3) is 0 Å². The minimum Gasteiger partial charge on any atom is -0.475 e. The second-order valence-electron chi connectivity index (χ2n) is 7.60. The van der Waals surface area contributed by atoms with Crippen LogP contribution in [0.3, 0.4) is 0 Å². The molecule has 2 aliphatic heterocycles. The Kier molecular flexibility index (Phi) is 6.25. The van der Waals surface area contributed by atoms with Gasteiger partial charge in [0.15, 0.2) is 0 Å². The molecular formula is C18H24F3N5O3. The number of anilines is 1. The van der Waals surface area contributed by atoms with Crippen LogP contribution in [-0.4, -0.2) is 65.3 Å². The minimum absolute atomic E-state index is 0.155. The molecule has 1 aromatic heterocycles. The van der Waals surface area contributed by atoms with Crippen LogP contribution in [-0.2, 0) is 9.59 Å². The number of halogens is 3. The van der Waals surface area contributed by atoms with Gasteiger partial charge in [-0.05, 0) is 37.7 Å². The second kappa shape index (κ2) is 8.52. The van der Waals surface area contributed by atoms with Crippen molar-refractivity contribution in [3.63, 3.8) is 0 Å². The molecule has 160 valence electrons. The molecule has 1 aromatic rings. The van der Waals surface area contributed by atoms with E-state index in [0.717, 1.165) is 45.0 Å². The summed E-state index contributed by atoms with van der Waals surface area (Å²) in [5.41, 5.74) is -0.327. The maximum Gasteiger partial charge on any atom is 0.490 e. The molecule has 3 fully saturated rings. The Balaban J connectivity index is 0.000000298. The summed E-state index contributed by atoms with van der Waals surface area (Å²) >= 11 is 0. The standard InChI is InChI=1S/C16H23N5O.C2HF3O2/c22-14(20-9-12-3-4-12)16-5-1-8-21(13(16)10-17-11-16)15-18-6-2-7-19-15;3-2(4,5)1(6)7/h2,6-7,12-13,17H,1,3-5,8-11H2,(H,20,22);(H,6,7)/t13-,16-;/m1./s1. The van der Waals surface area contributed by atoms with Crippen molar-refractivity contribution < 1.29 is 27.9 Å². The number of fused-ring (bicyclic) bond motifs is 1. The van der Waals surface area contributed by atoms with Crippen LogP contribution in [0, 0.1) is 11.3 Å². The van der Waals surface area contributed by atoms with Crippen LogP contribution < -0.4 is 15.5 Å². The van der Waals surface area contributed by atoms with Gasteiger partial charge < -0.3 is 20.6 Å². The van der Waals surface area contributed by atoms with Gasteiger partial charge in [-0.15, -0.1) is 0 Å². The molecule has 3 N–H and O–H groups in total. The van der Waals surface area contributed by atoms with Gasteiger partial charge in [0, 0.05) is 38.6 Å². The van der Waals surface area contributed by atoms with Crippen LogP contribution in [0.15, 0.2) is 18.5 Å². The largest absolute Gasteiger partial charge is 0.490 e. The molecule has 0 unspecified atom stereocenters. The summed E-state index contributed by atoms with van der Waals surface area (Å²) in [4.78, 5) is 32.8. The zero-order valence-electron chi connectivity index (χ0n) is 15.8. The summed E-state index contributed by atoms with van der Waals surface area (Å²) < 4.78 is 31.7. The third-order valence-electron chi connectivity index (χ3n) is 5.57. The maximum atomic E-state index is 12.9. The average Bonchev–Trinajstić information content (AvgIpc) is 3.42. The monoisotopic (exact) mass is 415 g/mol. The van der Waals surface area contributed by atoms with Crippen molar-refractivity contribution in [2.45, 2.75) is 37.9 Å². The number of carboxylic acid groups (broad SMARTS) is 1. The molecular weight excluding hydrogens is 391 g/mol. The van der Waals surface area contributed by atoms with Crippen molar-refractivity contribution in [3.8, 4) is 0 Å². The highest BCUT2D eigenvalue weighted by molar-refractivity contribution is 5.85. The predicted octanol–water partition coefficient (Wildman–Crippen LogP) is 1.19. The number of carboxylic acids is 1. The summed E-state index contributed by atoms with van der Waals surface area (Å²) in [6, 6.07) is 1.98. The molecule has 3 heterocycles. The highest BCUT2D eigenvalue weighted by atomic mass is 19.4. The summed E-state index contributed by atoms with van der Waals surface area (Å²) in [6.45, 7) is 3.36. The van der Waals surface area contributed by atoms with Gasteiger partial charge in [0.05, 0.1) is 11.5 Å². The van der Waals surface area contributed by atoms with Gasteiger partial charge >= 0.3 is 12.1 Å². The number of hydrogen-bond acceptors (Lipinski definition) is 6. The first-order valence-electron chi connectivity index (χ1n) is 9.57. The van der Waals surface area contributed by atoms with E-state index in [4.69, 9.17) is 9.90 Å². The lowest BCUT2D eigenvalue weighted by Gasteiger charge is -2.44. The van der Waals surface area contributed by atoms with E-state index in [1.165, 1.54) is 12.8 Å². The van der Waals surface area contributed by atoms with Crippen molar-refractivity contribution in [2.24, 2.45) is 11.3 Å². The summed E-state index contributed by atoms with van der Waals surface area (Å²) in [5.74, 6) is -1.08. The summed E-state index contributed by atoms with van der Waals surface area (Å²) in [6.07, 6.45) is 2.94. The number of amides is 1. The normalized spacial score (nSPS) is 26.2. The molecule has 0 aromatic carbocycles. The van der Waals surface area contributed by atoms with E-state index >= 15 is 0 Å². The number of carbonyl (C=O) groups excluding carboxylic acids is 1. The number of aromatic nitrogens is 2. The zero-order chi connectivity index (χ0) is 21.1. The molecule has 29 heavy (non-hydrogen) atoms. The van der Waals surface area contributed by atoms with Crippen molar-refractivity contribution in [3.05, 3.63) is 18.5 Å². The predicted molar refractivity (Wildman–Crippen MR) is 97.1 cm³/mol. The molecule has 2 atom stereocenters. The van der Waals surface area contributed by atoms with Crippen LogP contribution in [0.5, 0.6) is 0 Å². The lowest BCUT2D eigenvalue weighted by Crippen LogP contribution is -2.59. The maximum absolute atomic E-state index is 12.9. The number of alkyl halides is 3. The Morgan fingerprint density at radius 1 is 1.31 bits per heavy atom. The highest BCUT2D eigenvalue weighted by Gasteiger charge is 2.53. The second-order valence-corrected chi connectivity index (χ2v) is 7.60. The van der Waals surface area contributed by atoms with Crippen LogP contribution >= 0.6 is 0 Å². The molecule has 1 saturated carbocycles. The molecule has 1 amide bonds. The van der Waals surface area contributed by atoms with E-state index < -0.39 is 12.1 Å². The number of nitrogens with zero attached hydrogens (tertiary/aromatic N) is 3. The Labute approximate surface area is 165 Å². The molecule has 3 aliphatic rings. The van der Waals surface area contributed by atoms with E-state index in [-0.39, 0.29) is 17.4 Å². The number of piperidine rings is 1. The fourth-order valence-electron chi connectivity index (χ4n) is 3.89. The first-order chi connectivity index (χ1) is 13.7. The van der Waals surface area contributed by atoms with Gasteiger partial charge in [0.1, 0.15) is 0 Å². The summed E-state index contributed by atoms with van der Waals surface area (Å²) in [7, 11) is 0. The van der Waals surface area contributed by atoms with Crippen molar-refractivity contribution >= 4 is 17.8 Å².